The van der Waals surface area contributed by atoms with Gasteiger partial charge in [0.2, 0.25) is 0 Å². The molecule has 1 N–H and O–H groups in total. The van der Waals surface area contributed by atoms with Gasteiger partial charge in [0.1, 0.15) is 5.75 Å². The molecule has 0 aliphatic carbocycles. The number of benzene rings is 2. The van der Waals surface area contributed by atoms with Crippen molar-refractivity contribution in [3.63, 3.8) is 0 Å². The summed E-state index contributed by atoms with van der Waals surface area (Å²) in [6.45, 7) is 3.89. The van der Waals surface area contributed by atoms with Gasteiger partial charge in [-0.1, -0.05) is 26.0 Å². The molecule has 0 aliphatic rings. The van der Waals surface area contributed by atoms with E-state index in [0.29, 0.717) is 34.7 Å². The van der Waals surface area contributed by atoms with Gasteiger partial charge in [-0.25, -0.2) is 4.98 Å². The molecule has 0 saturated carbocycles. The number of alkyl halides is 3. The van der Waals surface area contributed by atoms with Crippen LogP contribution in [0.1, 0.15) is 37.3 Å². The van der Waals surface area contributed by atoms with Gasteiger partial charge in [-0.2, -0.15) is 13.2 Å². The molecule has 0 aliphatic heterocycles. The Morgan fingerprint density at radius 3 is 1.88 bits per heavy atom. The quantitative estimate of drug-likeness (QED) is 0.444. The molecule has 1 atom stereocenters. The van der Waals surface area contributed by atoms with Crippen molar-refractivity contribution in [2.24, 2.45) is 5.92 Å². The van der Waals surface area contributed by atoms with Gasteiger partial charge in [0.25, 0.3) is 0 Å². The van der Waals surface area contributed by atoms with Crippen LogP contribution < -0.4 is 4.74 Å². The maximum Gasteiger partial charge on any atom is 0.416 e. The Kier molecular flexibility index (Phi) is 6.87. The summed E-state index contributed by atoms with van der Waals surface area (Å²) in [6.07, 6.45) is -4.01. The van der Waals surface area contributed by atoms with Crippen LogP contribution in [0.5, 0.6) is 5.75 Å². The fourth-order valence-corrected chi connectivity index (χ4v) is 3.49. The third-order valence-electron chi connectivity index (χ3n) is 5.15. The van der Waals surface area contributed by atoms with Crippen molar-refractivity contribution >= 4 is 5.97 Å². The third-order valence-corrected chi connectivity index (χ3v) is 5.15. The van der Waals surface area contributed by atoms with Crippen molar-refractivity contribution in [3.05, 3.63) is 71.8 Å². The molecule has 7 heteroatoms. The van der Waals surface area contributed by atoms with Gasteiger partial charge in [0.05, 0.1) is 30.0 Å². The Morgan fingerprint density at radius 2 is 1.47 bits per heavy atom. The predicted molar refractivity (Wildman–Crippen MR) is 116 cm³/mol. The lowest BCUT2D eigenvalue weighted by atomic mass is 9.89. The molecule has 1 unspecified atom stereocenters. The number of methoxy groups -OCH3 is 1. The lowest BCUT2D eigenvalue weighted by molar-refractivity contribution is -0.139. The topological polar surface area (TPSA) is 59.4 Å². The van der Waals surface area contributed by atoms with Crippen LogP contribution in [-0.4, -0.2) is 23.2 Å². The molecule has 2 aromatic carbocycles. The number of hydrogen-bond donors (Lipinski definition) is 1. The Morgan fingerprint density at radius 1 is 0.969 bits per heavy atom. The smallest absolute Gasteiger partial charge is 0.416 e. The molecule has 1 aromatic heterocycles. The molecule has 0 spiro atoms. The molecule has 0 radical (unpaired) electrons. The van der Waals surface area contributed by atoms with Crippen LogP contribution in [0.3, 0.4) is 0 Å². The fourth-order valence-electron chi connectivity index (χ4n) is 3.49. The summed E-state index contributed by atoms with van der Waals surface area (Å²) in [5, 5.41) is 9.83. The summed E-state index contributed by atoms with van der Waals surface area (Å²) < 4.78 is 44.1. The number of rotatable bonds is 7. The van der Waals surface area contributed by atoms with Crippen molar-refractivity contribution in [2.45, 2.75) is 32.4 Å². The van der Waals surface area contributed by atoms with Crippen molar-refractivity contribution in [2.75, 3.05) is 7.11 Å². The third kappa shape index (κ3) is 5.46. The molecular formula is C25H24F3NO3. The van der Waals surface area contributed by atoms with E-state index in [9.17, 15) is 23.1 Å². The number of carboxylic acids is 1. The van der Waals surface area contributed by atoms with Crippen LogP contribution in [0.15, 0.2) is 60.7 Å². The van der Waals surface area contributed by atoms with Crippen LogP contribution in [0.2, 0.25) is 0 Å². The highest BCUT2D eigenvalue weighted by Crippen LogP contribution is 2.34. The monoisotopic (exact) mass is 443 g/mol. The van der Waals surface area contributed by atoms with Gasteiger partial charge < -0.3 is 9.84 Å². The minimum Gasteiger partial charge on any atom is -0.497 e. The number of halogens is 3. The van der Waals surface area contributed by atoms with E-state index in [2.05, 4.69) is 4.98 Å². The highest BCUT2D eigenvalue weighted by atomic mass is 19.4. The van der Waals surface area contributed by atoms with E-state index < -0.39 is 23.6 Å². The van der Waals surface area contributed by atoms with E-state index in [1.54, 1.807) is 43.5 Å². The van der Waals surface area contributed by atoms with Gasteiger partial charge in [-0.15, -0.1) is 0 Å². The van der Waals surface area contributed by atoms with Gasteiger partial charge in [-0.05, 0) is 66.4 Å². The summed E-state index contributed by atoms with van der Waals surface area (Å²) in [6, 6.07) is 15.2. The molecule has 0 saturated heterocycles. The zero-order chi connectivity index (χ0) is 23.5. The second kappa shape index (κ2) is 9.42. The average Bonchev–Trinajstić information content (AvgIpc) is 2.76. The first-order valence-corrected chi connectivity index (χ1v) is 10.2. The van der Waals surface area contributed by atoms with E-state index in [4.69, 9.17) is 4.74 Å². The predicted octanol–water partition coefficient (Wildman–Crippen LogP) is 6.66. The molecule has 168 valence electrons. The highest BCUT2D eigenvalue weighted by Gasteiger charge is 2.30. The molecule has 0 amide bonds. The number of nitrogens with zero attached hydrogens (tertiary/aromatic N) is 1. The number of ether oxygens (including phenoxy) is 1. The van der Waals surface area contributed by atoms with E-state index in [1.807, 2.05) is 13.8 Å². The minimum absolute atomic E-state index is 0.142. The largest absolute Gasteiger partial charge is 0.497 e. The summed E-state index contributed by atoms with van der Waals surface area (Å²) in [5.41, 5.74) is 1.97. The molecule has 0 bridgehead atoms. The van der Waals surface area contributed by atoms with Crippen LogP contribution >= 0.6 is 0 Å². The summed E-state index contributed by atoms with van der Waals surface area (Å²) in [7, 11) is 1.56. The Bertz CT molecular complexity index is 1080. The number of carboxylic acid groups (broad SMARTS) is 1. The normalized spacial score (nSPS) is 12.6. The molecule has 0 fully saturated rings. The van der Waals surface area contributed by atoms with E-state index in [0.717, 1.165) is 17.7 Å². The second-order valence-corrected chi connectivity index (χ2v) is 7.99. The highest BCUT2D eigenvalue weighted by molar-refractivity contribution is 5.78. The Hall–Kier alpha value is -3.35. The van der Waals surface area contributed by atoms with Crippen molar-refractivity contribution < 1.29 is 27.8 Å². The van der Waals surface area contributed by atoms with Gasteiger partial charge >= 0.3 is 12.1 Å². The molecule has 1 heterocycles. The van der Waals surface area contributed by atoms with Crippen molar-refractivity contribution in [3.8, 4) is 28.3 Å². The Balaban J connectivity index is 2.14. The molecule has 4 nitrogen and oxygen atoms in total. The summed E-state index contributed by atoms with van der Waals surface area (Å²) in [4.78, 5) is 16.6. The van der Waals surface area contributed by atoms with Crippen LogP contribution in [0.25, 0.3) is 22.5 Å². The summed E-state index contributed by atoms with van der Waals surface area (Å²) in [5.74, 6) is -0.911. The first-order chi connectivity index (χ1) is 15.1. The minimum atomic E-state index is -4.44. The van der Waals surface area contributed by atoms with E-state index >= 15 is 0 Å². The molecule has 3 rings (SSSR count). The number of aliphatic carboxylic acids is 1. The SMILES string of the molecule is COc1ccc(-c2cc(C(CC(C)C)C(=O)O)cc(-c3ccc(C(F)(F)F)cc3)n2)cc1. The number of pyridine rings is 1. The number of aromatic nitrogens is 1. The lowest BCUT2D eigenvalue weighted by Gasteiger charge is -2.18. The number of carbonyl (C=O) groups is 1. The zero-order valence-corrected chi connectivity index (χ0v) is 18.0. The van der Waals surface area contributed by atoms with Crippen LogP contribution in [0, 0.1) is 5.92 Å². The van der Waals surface area contributed by atoms with Gasteiger partial charge in [-0.3, -0.25) is 4.79 Å². The van der Waals surface area contributed by atoms with E-state index in [1.165, 1.54) is 12.1 Å². The van der Waals surface area contributed by atoms with E-state index in [-0.39, 0.29) is 5.92 Å². The molecular weight excluding hydrogens is 419 g/mol. The summed E-state index contributed by atoms with van der Waals surface area (Å²) >= 11 is 0. The van der Waals surface area contributed by atoms with Crippen molar-refractivity contribution in [1.29, 1.82) is 0 Å². The zero-order valence-electron chi connectivity index (χ0n) is 18.0. The maximum atomic E-state index is 13.0. The Labute approximate surface area is 184 Å². The lowest BCUT2D eigenvalue weighted by Crippen LogP contribution is -2.14. The first-order valence-electron chi connectivity index (χ1n) is 10.2. The molecule has 32 heavy (non-hydrogen) atoms. The van der Waals surface area contributed by atoms with Gasteiger partial charge in [0, 0.05) is 11.1 Å². The molecule has 3 aromatic rings. The maximum absolute atomic E-state index is 13.0. The first kappa shape index (κ1) is 23.3. The van der Waals surface area contributed by atoms with Crippen molar-refractivity contribution in [1.82, 2.24) is 4.98 Å². The number of hydrogen-bond acceptors (Lipinski definition) is 3. The van der Waals surface area contributed by atoms with Gasteiger partial charge in [0.15, 0.2) is 0 Å². The standard InChI is InChI=1S/C25H24F3NO3/c1-15(2)12-21(24(30)31)18-13-22(16-4-8-19(9-5-16)25(26,27)28)29-23(14-18)17-6-10-20(32-3)11-7-17/h4-11,13-15,21H,12H2,1-3H3,(H,30,31). The second-order valence-electron chi connectivity index (χ2n) is 7.99. The van der Waals surface area contributed by atoms with Crippen LogP contribution in [0.4, 0.5) is 13.2 Å². The van der Waals surface area contributed by atoms with Crippen LogP contribution in [-0.2, 0) is 11.0 Å². The average molecular weight is 443 g/mol. The fraction of sp³-hybridized carbons (Fsp3) is 0.280.